The molecule has 1 aliphatic carbocycles. The number of hydrogen-bond donors (Lipinski definition) is 0. The van der Waals surface area contributed by atoms with Gasteiger partial charge in [0.2, 0.25) is 0 Å². The minimum Gasteiger partial charge on any atom is -0.373 e. The van der Waals surface area contributed by atoms with Crippen LogP contribution < -0.4 is 0 Å². The lowest BCUT2D eigenvalue weighted by molar-refractivity contribution is -0.131. The first kappa shape index (κ1) is 9.72. The van der Waals surface area contributed by atoms with Gasteiger partial charge in [-0.25, -0.2) is 0 Å². The molecule has 12 heavy (non-hydrogen) atoms. The van der Waals surface area contributed by atoms with E-state index in [9.17, 15) is 4.79 Å². The van der Waals surface area contributed by atoms with Crippen molar-refractivity contribution < 1.29 is 9.53 Å². The lowest BCUT2D eigenvalue weighted by atomic mass is 9.99. The summed E-state index contributed by atoms with van der Waals surface area (Å²) < 4.78 is 5.15. The van der Waals surface area contributed by atoms with Gasteiger partial charge < -0.3 is 4.74 Å². The van der Waals surface area contributed by atoms with Gasteiger partial charge in [0.1, 0.15) is 6.10 Å². The molecule has 0 aliphatic heterocycles. The number of Topliss-reactive ketones (excluding diaryl/α,β-unsaturated/α-hetero) is 1. The van der Waals surface area contributed by atoms with Crippen molar-refractivity contribution in [3.8, 4) is 0 Å². The van der Waals surface area contributed by atoms with Crippen LogP contribution in [0, 0.1) is 11.8 Å². The van der Waals surface area contributed by atoms with Crippen LogP contribution in [0.5, 0.6) is 0 Å². The lowest BCUT2D eigenvalue weighted by Gasteiger charge is -2.17. The molecule has 0 amide bonds. The fraction of sp³-hybridized carbons (Fsp3) is 0.900. The van der Waals surface area contributed by atoms with Crippen LogP contribution in [-0.2, 0) is 9.53 Å². The average molecular weight is 170 g/mol. The van der Waals surface area contributed by atoms with Gasteiger partial charge in [-0.2, -0.15) is 0 Å². The Morgan fingerprint density at radius 2 is 2.08 bits per heavy atom. The Morgan fingerprint density at radius 3 is 2.42 bits per heavy atom. The second kappa shape index (κ2) is 4.04. The van der Waals surface area contributed by atoms with Crippen molar-refractivity contribution in [1.82, 2.24) is 0 Å². The number of hydrogen-bond acceptors (Lipinski definition) is 2. The lowest BCUT2D eigenvalue weighted by Crippen LogP contribution is -2.28. The van der Waals surface area contributed by atoms with E-state index in [-0.39, 0.29) is 11.9 Å². The number of ether oxygens (including phenoxy) is 1. The van der Waals surface area contributed by atoms with Crippen molar-refractivity contribution in [2.75, 3.05) is 7.11 Å². The highest BCUT2D eigenvalue weighted by atomic mass is 16.5. The second-order valence-electron chi connectivity index (χ2n) is 4.01. The molecule has 0 aromatic heterocycles. The largest absolute Gasteiger partial charge is 0.373 e. The van der Waals surface area contributed by atoms with Gasteiger partial charge >= 0.3 is 0 Å². The molecule has 0 aromatic rings. The van der Waals surface area contributed by atoms with Crippen molar-refractivity contribution in [1.29, 1.82) is 0 Å². The molecule has 0 bridgehead atoms. The Kier molecular flexibility index (Phi) is 3.27. The number of rotatable bonds is 5. The zero-order chi connectivity index (χ0) is 9.14. The average Bonchev–Trinajstić information content (AvgIpc) is 2.71. The van der Waals surface area contributed by atoms with Crippen LogP contribution in [0.15, 0.2) is 0 Å². The van der Waals surface area contributed by atoms with Crippen LogP contribution in [0.4, 0.5) is 0 Å². The maximum absolute atomic E-state index is 11.5. The summed E-state index contributed by atoms with van der Waals surface area (Å²) in [4.78, 5) is 11.5. The Balaban J connectivity index is 2.35. The molecule has 1 atom stereocenters. The molecule has 0 heterocycles. The zero-order valence-electron chi connectivity index (χ0n) is 8.17. The van der Waals surface area contributed by atoms with Gasteiger partial charge in [-0.1, -0.05) is 13.8 Å². The molecule has 0 aromatic carbocycles. The molecule has 1 fully saturated rings. The number of carbonyl (C=O) groups excluding carboxylic acids is 1. The Morgan fingerprint density at radius 1 is 1.50 bits per heavy atom. The van der Waals surface area contributed by atoms with Crippen molar-refractivity contribution >= 4 is 5.78 Å². The summed E-state index contributed by atoms with van der Waals surface area (Å²) >= 11 is 0. The van der Waals surface area contributed by atoms with Crippen LogP contribution >= 0.6 is 0 Å². The zero-order valence-corrected chi connectivity index (χ0v) is 8.17. The van der Waals surface area contributed by atoms with E-state index in [4.69, 9.17) is 4.74 Å². The van der Waals surface area contributed by atoms with E-state index in [2.05, 4.69) is 0 Å². The third kappa shape index (κ3) is 2.59. The molecule has 2 nitrogen and oxygen atoms in total. The SMILES string of the molecule is COC(C(=O)CC1CC1)C(C)C. The quantitative estimate of drug-likeness (QED) is 0.631. The van der Waals surface area contributed by atoms with Gasteiger partial charge in [-0.3, -0.25) is 4.79 Å². The first-order valence-electron chi connectivity index (χ1n) is 4.70. The van der Waals surface area contributed by atoms with Crippen LogP contribution in [0.2, 0.25) is 0 Å². The number of methoxy groups -OCH3 is 1. The first-order chi connectivity index (χ1) is 5.65. The van der Waals surface area contributed by atoms with Gasteiger partial charge in [-0.05, 0) is 24.7 Å². The minimum atomic E-state index is -0.175. The summed E-state index contributed by atoms with van der Waals surface area (Å²) in [6, 6.07) is 0. The van der Waals surface area contributed by atoms with Crippen molar-refractivity contribution in [3.63, 3.8) is 0 Å². The van der Waals surface area contributed by atoms with E-state index in [1.165, 1.54) is 12.8 Å². The summed E-state index contributed by atoms with van der Waals surface area (Å²) in [5.74, 6) is 1.27. The van der Waals surface area contributed by atoms with E-state index >= 15 is 0 Å². The summed E-state index contributed by atoms with van der Waals surface area (Å²) in [7, 11) is 1.62. The summed E-state index contributed by atoms with van der Waals surface area (Å²) in [6.45, 7) is 4.05. The van der Waals surface area contributed by atoms with Crippen LogP contribution in [-0.4, -0.2) is 19.0 Å². The maximum atomic E-state index is 11.5. The normalized spacial score (nSPS) is 19.7. The molecule has 70 valence electrons. The molecule has 0 spiro atoms. The van der Waals surface area contributed by atoms with E-state index < -0.39 is 0 Å². The first-order valence-corrected chi connectivity index (χ1v) is 4.70. The topological polar surface area (TPSA) is 26.3 Å². The molecule has 1 unspecified atom stereocenters. The molecule has 1 aliphatic rings. The summed E-state index contributed by atoms with van der Waals surface area (Å²) in [6.07, 6.45) is 3.03. The third-order valence-corrected chi connectivity index (χ3v) is 2.36. The molecule has 0 radical (unpaired) electrons. The van der Waals surface area contributed by atoms with Gasteiger partial charge in [0.25, 0.3) is 0 Å². The predicted molar refractivity (Wildman–Crippen MR) is 48.0 cm³/mol. The summed E-state index contributed by atoms with van der Waals surface area (Å²) in [5, 5.41) is 0. The molecule has 2 heteroatoms. The molecule has 0 saturated heterocycles. The van der Waals surface area contributed by atoms with E-state index in [1.54, 1.807) is 7.11 Å². The predicted octanol–water partition coefficient (Wildman–Crippen LogP) is 2.03. The van der Waals surface area contributed by atoms with Crippen molar-refractivity contribution in [2.24, 2.45) is 11.8 Å². The van der Waals surface area contributed by atoms with Crippen LogP contribution in [0.1, 0.15) is 33.1 Å². The fourth-order valence-electron chi connectivity index (χ4n) is 1.50. The number of carbonyl (C=O) groups is 1. The molecule has 0 N–H and O–H groups in total. The minimum absolute atomic E-state index is 0.175. The third-order valence-electron chi connectivity index (χ3n) is 2.36. The highest BCUT2D eigenvalue weighted by molar-refractivity contribution is 5.83. The van der Waals surface area contributed by atoms with Gasteiger partial charge in [0, 0.05) is 13.5 Å². The monoisotopic (exact) mass is 170 g/mol. The molecule has 1 saturated carbocycles. The van der Waals surface area contributed by atoms with Gasteiger partial charge in [0.15, 0.2) is 5.78 Å². The Labute approximate surface area is 74.3 Å². The van der Waals surface area contributed by atoms with Gasteiger partial charge in [0.05, 0.1) is 0 Å². The summed E-state index contributed by atoms with van der Waals surface area (Å²) in [5.41, 5.74) is 0. The highest BCUT2D eigenvalue weighted by Gasteiger charge is 2.29. The fourth-order valence-corrected chi connectivity index (χ4v) is 1.50. The second-order valence-corrected chi connectivity index (χ2v) is 4.01. The van der Waals surface area contributed by atoms with Crippen molar-refractivity contribution in [2.45, 2.75) is 39.2 Å². The Bertz CT molecular complexity index is 159. The van der Waals surface area contributed by atoms with E-state index in [0.29, 0.717) is 11.8 Å². The molecular weight excluding hydrogens is 152 g/mol. The molecular formula is C10H18O2. The van der Waals surface area contributed by atoms with E-state index in [1.807, 2.05) is 13.8 Å². The Hall–Kier alpha value is -0.370. The highest BCUT2D eigenvalue weighted by Crippen LogP contribution is 2.33. The molecule has 1 rings (SSSR count). The smallest absolute Gasteiger partial charge is 0.162 e. The van der Waals surface area contributed by atoms with Gasteiger partial charge in [-0.15, -0.1) is 0 Å². The van der Waals surface area contributed by atoms with Crippen molar-refractivity contribution in [3.05, 3.63) is 0 Å². The van der Waals surface area contributed by atoms with Crippen LogP contribution in [0.3, 0.4) is 0 Å². The van der Waals surface area contributed by atoms with E-state index in [0.717, 1.165) is 6.42 Å². The van der Waals surface area contributed by atoms with Crippen LogP contribution in [0.25, 0.3) is 0 Å². The maximum Gasteiger partial charge on any atom is 0.162 e. The standard InChI is InChI=1S/C10H18O2/c1-7(2)10(12-3)9(11)6-8-4-5-8/h7-8,10H,4-6H2,1-3H3. The number of ketones is 1.